The molecule has 1 N–H and O–H groups in total. The van der Waals surface area contributed by atoms with Gasteiger partial charge in [-0.2, -0.15) is 0 Å². The second-order valence-electron chi connectivity index (χ2n) is 9.12. The molecule has 2 aromatic heterocycles. The predicted molar refractivity (Wildman–Crippen MR) is 125 cm³/mol. The smallest absolute Gasteiger partial charge is 0.251 e. The molecule has 0 aliphatic carbocycles. The van der Waals surface area contributed by atoms with Crippen molar-refractivity contribution < 1.29 is 14.3 Å². The second kappa shape index (κ2) is 9.75. The first kappa shape index (κ1) is 21.6. The number of pyridine rings is 1. The monoisotopic (exact) mass is 446 g/mol. The normalized spacial score (nSPS) is 19.2. The highest BCUT2D eigenvalue weighted by atomic mass is 16.5. The Kier molecular flexibility index (Phi) is 6.39. The van der Waals surface area contributed by atoms with Gasteiger partial charge in [0.25, 0.3) is 5.91 Å². The third kappa shape index (κ3) is 5.09. The van der Waals surface area contributed by atoms with E-state index in [1.54, 1.807) is 6.20 Å². The van der Waals surface area contributed by atoms with Gasteiger partial charge in [-0.25, -0.2) is 4.98 Å². The fourth-order valence-electron chi connectivity index (χ4n) is 4.84. The molecule has 7 nitrogen and oxygen atoms in total. The van der Waals surface area contributed by atoms with Crippen molar-refractivity contribution in [1.82, 2.24) is 19.6 Å². The van der Waals surface area contributed by atoms with Crippen molar-refractivity contribution in [2.45, 2.75) is 38.1 Å². The molecule has 33 heavy (non-hydrogen) atoms. The minimum Gasteiger partial charge on any atom is -0.381 e. The van der Waals surface area contributed by atoms with Gasteiger partial charge in [0, 0.05) is 69.3 Å². The third-order valence-electron chi connectivity index (χ3n) is 6.90. The first-order chi connectivity index (χ1) is 16.2. The highest BCUT2D eigenvalue weighted by Crippen LogP contribution is 2.29. The molecule has 2 amide bonds. The van der Waals surface area contributed by atoms with Crippen molar-refractivity contribution in [3.8, 4) is 0 Å². The molecule has 2 aliphatic heterocycles. The van der Waals surface area contributed by atoms with Crippen molar-refractivity contribution in [3.05, 3.63) is 71.7 Å². The van der Waals surface area contributed by atoms with Crippen LogP contribution >= 0.6 is 0 Å². The number of rotatable bonds is 6. The molecule has 1 atom stereocenters. The van der Waals surface area contributed by atoms with Gasteiger partial charge in [-0.1, -0.05) is 12.1 Å². The van der Waals surface area contributed by atoms with Crippen LogP contribution in [-0.4, -0.2) is 52.4 Å². The van der Waals surface area contributed by atoms with Crippen molar-refractivity contribution in [2.24, 2.45) is 5.92 Å². The highest BCUT2D eigenvalue weighted by Gasteiger charge is 2.29. The summed E-state index contributed by atoms with van der Waals surface area (Å²) in [7, 11) is 0. The lowest BCUT2D eigenvalue weighted by molar-refractivity contribution is -0.131. The maximum absolute atomic E-state index is 12.7. The Labute approximate surface area is 193 Å². The number of hydrogen-bond acceptors (Lipinski definition) is 4. The van der Waals surface area contributed by atoms with E-state index in [2.05, 4.69) is 10.3 Å². The van der Waals surface area contributed by atoms with E-state index in [9.17, 15) is 9.59 Å². The SMILES string of the molecule is O=C(NCc1ccn2ccnc2c1)c1ccc(C2CCN(C(=O)CC3CCOCC3)C2)cc1. The van der Waals surface area contributed by atoms with Gasteiger partial charge in [0.05, 0.1) is 0 Å². The van der Waals surface area contributed by atoms with Gasteiger partial charge in [-0.15, -0.1) is 0 Å². The number of carbonyl (C=O) groups is 2. The molecule has 0 bridgehead atoms. The van der Waals surface area contributed by atoms with Crippen LogP contribution in [0.3, 0.4) is 0 Å². The summed E-state index contributed by atoms with van der Waals surface area (Å²) in [5.74, 6) is 0.977. The summed E-state index contributed by atoms with van der Waals surface area (Å²) in [6.07, 6.45) is 9.19. The number of likely N-dealkylation sites (tertiary alicyclic amines) is 1. The van der Waals surface area contributed by atoms with E-state index >= 15 is 0 Å². The maximum Gasteiger partial charge on any atom is 0.251 e. The van der Waals surface area contributed by atoms with Crippen LogP contribution in [0.25, 0.3) is 5.65 Å². The standard InChI is InChI=1S/C26H30N4O3/c31-25(16-19-7-13-33-14-8-19)30-11-6-23(18-30)21-1-3-22(4-2-21)26(32)28-17-20-5-10-29-12-9-27-24(29)15-20/h1-5,9-10,12,15,19,23H,6-8,11,13-14,16-18H2,(H,28,32). The molecule has 4 heterocycles. The number of aromatic nitrogens is 2. The molecule has 1 unspecified atom stereocenters. The minimum atomic E-state index is -0.0931. The second-order valence-corrected chi connectivity index (χ2v) is 9.12. The molecular formula is C26H30N4O3. The lowest BCUT2D eigenvalue weighted by Crippen LogP contribution is -2.31. The van der Waals surface area contributed by atoms with Gasteiger partial charge >= 0.3 is 0 Å². The molecule has 7 heteroatoms. The fourth-order valence-corrected chi connectivity index (χ4v) is 4.84. The van der Waals surface area contributed by atoms with Crippen LogP contribution in [0.2, 0.25) is 0 Å². The number of benzene rings is 1. The molecule has 172 valence electrons. The summed E-state index contributed by atoms with van der Waals surface area (Å²) in [6.45, 7) is 3.59. The summed E-state index contributed by atoms with van der Waals surface area (Å²) < 4.78 is 7.34. The topological polar surface area (TPSA) is 75.9 Å². The van der Waals surface area contributed by atoms with E-state index < -0.39 is 0 Å². The number of fused-ring (bicyclic) bond motifs is 1. The zero-order chi connectivity index (χ0) is 22.6. The lowest BCUT2D eigenvalue weighted by Gasteiger charge is -2.24. The number of ether oxygens (including phenoxy) is 1. The van der Waals surface area contributed by atoms with Gasteiger partial charge in [-0.05, 0) is 60.6 Å². The Morgan fingerprint density at radius 2 is 1.88 bits per heavy atom. The van der Waals surface area contributed by atoms with Crippen LogP contribution in [0.4, 0.5) is 0 Å². The average molecular weight is 447 g/mol. The number of hydrogen-bond donors (Lipinski definition) is 1. The Balaban J connectivity index is 1.13. The molecular weight excluding hydrogens is 416 g/mol. The summed E-state index contributed by atoms with van der Waals surface area (Å²) in [4.78, 5) is 31.6. The maximum atomic E-state index is 12.7. The van der Waals surface area contributed by atoms with E-state index in [1.165, 1.54) is 5.56 Å². The number of nitrogens with one attached hydrogen (secondary N) is 1. The van der Waals surface area contributed by atoms with E-state index in [0.717, 1.165) is 56.8 Å². The summed E-state index contributed by atoms with van der Waals surface area (Å²) in [6, 6.07) is 11.8. The number of carbonyl (C=O) groups excluding carboxylic acids is 2. The van der Waals surface area contributed by atoms with Gasteiger partial charge in [-0.3, -0.25) is 9.59 Å². The number of nitrogens with zero attached hydrogens (tertiary/aromatic N) is 3. The summed E-state index contributed by atoms with van der Waals surface area (Å²) in [5, 5.41) is 2.98. The molecule has 1 aromatic carbocycles. The first-order valence-electron chi connectivity index (χ1n) is 11.8. The minimum absolute atomic E-state index is 0.0931. The largest absolute Gasteiger partial charge is 0.381 e. The van der Waals surface area contributed by atoms with Crippen molar-refractivity contribution in [2.75, 3.05) is 26.3 Å². The lowest BCUT2D eigenvalue weighted by atomic mass is 9.95. The predicted octanol–water partition coefficient (Wildman–Crippen LogP) is 3.40. The Bertz CT molecular complexity index is 1120. The molecule has 2 fully saturated rings. The van der Waals surface area contributed by atoms with E-state index in [1.807, 2.05) is 58.1 Å². The zero-order valence-electron chi connectivity index (χ0n) is 18.8. The molecule has 5 rings (SSSR count). The number of imidazole rings is 1. The van der Waals surface area contributed by atoms with Crippen LogP contribution in [0.1, 0.15) is 53.1 Å². The summed E-state index contributed by atoms with van der Waals surface area (Å²) >= 11 is 0. The van der Waals surface area contributed by atoms with Gasteiger partial charge in [0.15, 0.2) is 0 Å². The molecule has 0 saturated carbocycles. The zero-order valence-corrected chi connectivity index (χ0v) is 18.8. The molecule has 0 radical (unpaired) electrons. The molecule has 3 aromatic rings. The van der Waals surface area contributed by atoms with Gasteiger partial charge in [0.1, 0.15) is 5.65 Å². The molecule has 2 saturated heterocycles. The van der Waals surface area contributed by atoms with Crippen LogP contribution in [0, 0.1) is 5.92 Å². The van der Waals surface area contributed by atoms with Crippen molar-refractivity contribution in [1.29, 1.82) is 0 Å². The Morgan fingerprint density at radius 3 is 2.70 bits per heavy atom. The molecule has 2 aliphatic rings. The van der Waals surface area contributed by atoms with Gasteiger partial charge in [0.2, 0.25) is 5.91 Å². The van der Waals surface area contributed by atoms with E-state index in [4.69, 9.17) is 4.74 Å². The third-order valence-corrected chi connectivity index (χ3v) is 6.90. The average Bonchev–Trinajstić information content (AvgIpc) is 3.53. The van der Waals surface area contributed by atoms with E-state index in [-0.39, 0.29) is 11.8 Å². The van der Waals surface area contributed by atoms with Crippen LogP contribution in [0.5, 0.6) is 0 Å². The first-order valence-corrected chi connectivity index (χ1v) is 11.8. The van der Waals surface area contributed by atoms with Crippen LogP contribution in [0.15, 0.2) is 55.0 Å². The van der Waals surface area contributed by atoms with Crippen LogP contribution in [-0.2, 0) is 16.1 Å². The van der Waals surface area contributed by atoms with Crippen molar-refractivity contribution >= 4 is 17.5 Å². The molecule has 0 spiro atoms. The fraction of sp³-hybridized carbons (Fsp3) is 0.423. The Hall–Kier alpha value is -3.19. The highest BCUT2D eigenvalue weighted by molar-refractivity contribution is 5.94. The summed E-state index contributed by atoms with van der Waals surface area (Å²) in [5.41, 5.74) is 3.71. The Morgan fingerprint density at radius 1 is 1.06 bits per heavy atom. The van der Waals surface area contributed by atoms with Crippen LogP contribution < -0.4 is 5.32 Å². The number of amides is 2. The van der Waals surface area contributed by atoms with E-state index in [0.29, 0.717) is 30.4 Å². The van der Waals surface area contributed by atoms with Crippen molar-refractivity contribution in [3.63, 3.8) is 0 Å². The quantitative estimate of drug-likeness (QED) is 0.630. The van der Waals surface area contributed by atoms with Gasteiger partial charge < -0.3 is 19.4 Å².